The van der Waals surface area contributed by atoms with E-state index in [1.807, 2.05) is 0 Å². The van der Waals surface area contributed by atoms with E-state index in [2.05, 4.69) is 5.32 Å². The molecule has 0 spiro atoms. The Hall–Kier alpha value is -1.74. The van der Waals surface area contributed by atoms with Crippen LogP contribution >= 0.6 is 47.8 Å². The lowest BCUT2D eigenvalue weighted by Gasteiger charge is -2.00. The number of benzene rings is 1. The molecule has 1 saturated heterocycles. The number of rotatable bonds is 3. The lowest BCUT2D eigenvalue weighted by Crippen LogP contribution is -2.15. The molecule has 1 aliphatic heterocycles. The zero-order valence-corrected chi connectivity index (χ0v) is 14.4. The largest absolute Gasteiger partial charge is 0.457 e. The van der Waals surface area contributed by atoms with Crippen molar-refractivity contribution in [3.63, 3.8) is 0 Å². The molecule has 9 heteroatoms. The number of furan rings is 1. The summed E-state index contributed by atoms with van der Waals surface area (Å²) in [6.07, 6.45) is 1.78. The molecule has 0 atom stereocenters. The fourth-order valence-electron chi connectivity index (χ4n) is 1.94. The van der Waals surface area contributed by atoms with Gasteiger partial charge in [0.25, 0.3) is 5.69 Å². The second-order valence-electron chi connectivity index (χ2n) is 4.48. The second kappa shape index (κ2) is 6.40. The first-order valence-corrected chi connectivity index (χ1v) is 8.24. The molecule has 3 rings (SSSR count). The first-order valence-electron chi connectivity index (χ1n) is 6.23. The number of nitro benzene ring substituents is 1. The van der Waals surface area contributed by atoms with Crippen molar-refractivity contribution in [3.05, 3.63) is 56.1 Å². The second-order valence-corrected chi connectivity index (χ2v) is 7.01. The van der Waals surface area contributed by atoms with Crippen molar-refractivity contribution in [3.8, 4) is 11.3 Å². The maximum atomic E-state index is 10.7. The Morgan fingerprint density at radius 3 is 2.70 bits per heavy atom. The minimum absolute atomic E-state index is 0.0695. The van der Waals surface area contributed by atoms with E-state index in [0.717, 1.165) is 4.91 Å². The minimum atomic E-state index is -0.498. The zero-order chi connectivity index (χ0) is 16.6. The smallest absolute Gasteiger partial charge is 0.270 e. The minimum Gasteiger partial charge on any atom is -0.457 e. The zero-order valence-electron chi connectivity index (χ0n) is 11.2. The maximum absolute atomic E-state index is 10.7. The Bertz CT molecular complexity index is 876. The Labute approximate surface area is 150 Å². The van der Waals surface area contributed by atoms with Crippen LogP contribution in [0.15, 0.2) is 39.7 Å². The standard InChI is InChI=1S/C14H7ClN2O3S3/c15-10-5-7(17(18)19)1-3-9(10)11-4-2-8(20-11)6-12-13(21)16-14(22)23-12/h1-6H,(H,16,21,22)/b12-6-. The number of thioether (sulfide) groups is 1. The topological polar surface area (TPSA) is 68.3 Å². The molecule has 0 radical (unpaired) electrons. The van der Waals surface area contributed by atoms with Crippen molar-refractivity contribution in [2.24, 2.45) is 0 Å². The van der Waals surface area contributed by atoms with Crippen LogP contribution in [0.3, 0.4) is 0 Å². The van der Waals surface area contributed by atoms with E-state index in [9.17, 15) is 10.1 Å². The summed E-state index contributed by atoms with van der Waals surface area (Å²) < 4.78 is 6.32. The number of nitro groups is 1. The van der Waals surface area contributed by atoms with Gasteiger partial charge in [-0.05, 0) is 24.3 Å². The fourth-order valence-corrected chi connectivity index (χ4v) is 3.67. The highest BCUT2D eigenvalue weighted by Gasteiger charge is 2.19. The molecule has 5 nitrogen and oxygen atoms in total. The summed E-state index contributed by atoms with van der Waals surface area (Å²) in [5, 5.41) is 13.9. The Morgan fingerprint density at radius 2 is 2.09 bits per heavy atom. The molecule has 2 aromatic rings. The molecule has 1 aromatic carbocycles. The van der Waals surface area contributed by atoms with Gasteiger partial charge in [0.15, 0.2) is 0 Å². The highest BCUT2D eigenvalue weighted by molar-refractivity contribution is 8.27. The molecule has 0 unspecified atom stereocenters. The van der Waals surface area contributed by atoms with Gasteiger partial charge in [0, 0.05) is 17.7 Å². The molecule has 1 N–H and O–H groups in total. The third-order valence-corrected chi connectivity index (χ3v) is 4.92. The number of nitrogens with zero attached hydrogens (tertiary/aromatic N) is 1. The van der Waals surface area contributed by atoms with Crippen molar-refractivity contribution in [2.45, 2.75) is 0 Å². The summed E-state index contributed by atoms with van der Waals surface area (Å²) in [4.78, 5) is 11.6. The van der Waals surface area contributed by atoms with E-state index in [4.69, 9.17) is 40.5 Å². The van der Waals surface area contributed by atoms with Gasteiger partial charge in [0.2, 0.25) is 0 Å². The van der Waals surface area contributed by atoms with Crippen molar-refractivity contribution in [1.82, 2.24) is 5.32 Å². The molecule has 0 bridgehead atoms. The van der Waals surface area contributed by atoms with Gasteiger partial charge in [0.1, 0.15) is 20.8 Å². The Balaban J connectivity index is 1.91. The van der Waals surface area contributed by atoms with E-state index < -0.39 is 4.92 Å². The quantitative estimate of drug-likeness (QED) is 0.354. The van der Waals surface area contributed by atoms with Gasteiger partial charge in [-0.3, -0.25) is 10.1 Å². The van der Waals surface area contributed by atoms with Crippen molar-refractivity contribution < 1.29 is 9.34 Å². The molecule has 23 heavy (non-hydrogen) atoms. The van der Waals surface area contributed by atoms with Crippen molar-refractivity contribution >= 4 is 68.9 Å². The third-order valence-electron chi connectivity index (χ3n) is 2.97. The molecule has 1 fully saturated rings. The summed E-state index contributed by atoms with van der Waals surface area (Å²) in [6, 6.07) is 7.74. The van der Waals surface area contributed by atoms with Gasteiger partial charge in [-0.15, -0.1) is 0 Å². The predicted octanol–water partition coefficient (Wildman–Crippen LogP) is 4.80. The molecular weight excluding hydrogens is 376 g/mol. The van der Waals surface area contributed by atoms with Crippen LogP contribution in [-0.4, -0.2) is 14.2 Å². The van der Waals surface area contributed by atoms with Gasteiger partial charge in [-0.2, -0.15) is 0 Å². The van der Waals surface area contributed by atoms with Crippen LogP contribution < -0.4 is 5.32 Å². The van der Waals surface area contributed by atoms with E-state index in [1.54, 1.807) is 24.3 Å². The highest BCUT2D eigenvalue weighted by atomic mass is 35.5. The number of hydrogen-bond acceptors (Lipinski definition) is 6. The monoisotopic (exact) mass is 382 g/mol. The third kappa shape index (κ3) is 3.45. The summed E-state index contributed by atoms with van der Waals surface area (Å²) in [6.45, 7) is 0. The van der Waals surface area contributed by atoms with E-state index >= 15 is 0 Å². The summed E-state index contributed by atoms with van der Waals surface area (Å²) in [5.74, 6) is 1.10. The van der Waals surface area contributed by atoms with Crippen LogP contribution in [-0.2, 0) is 0 Å². The van der Waals surface area contributed by atoms with Gasteiger partial charge < -0.3 is 9.73 Å². The molecular formula is C14H7ClN2O3S3. The normalized spacial score (nSPS) is 16.0. The van der Waals surface area contributed by atoms with Crippen LogP contribution in [0.2, 0.25) is 5.02 Å². The Morgan fingerprint density at radius 1 is 1.30 bits per heavy atom. The van der Waals surface area contributed by atoms with Crippen molar-refractivity contribution in [1.29, 1.82) is 0 Å². The first kappa shape index (κ1) is 16.1. The number of halogens is 1. The maximum Gasteiger partial charge on any atom is 0.270 e. The van der Waals surface area contributed by atoms with Crippen LogP contribution in [0, 0.1) is 10.1 Å². The van der Waals surface area contributed by atoms with Gasteiger partial charge in [-0.25, -0.2) is 0 Å². The molecule has 1 aliphatic rings. The van der Waals surface area contributed by atoms with Crippen LogP contribution in [0.4, 0.5) is 5.69 Å². The SMILES string of the molecule is O=[N+]([O-])c1ccc(-c2ccc(/C=C3\SC(=S)NC3=S)o2)c(Cl)c1. The number of non-ortho nitro benzene ring substituents is 1. The lowest BCUT2D eigenvalue weighted by atomic mass is 10.1. The van der Waals surface area contributed by atoms with Crippen LogP contribution in [0.5, 0.6) is 0 Å². The predicted molar refractivity (Wildman–Crippen MR) is 99.7 cm³/mol. The summed E-state index contributed by atoms with van der Waals surface area (Å²) in [5.41, 5.74) is 0.511. The lowest BCUT2D eigenvalue weighted by molar-refractivity contribution is -0.384. The highest BCUT2D eigenvalue weighted by Crippen LogP contribution is 2.34. The van der Waals surface area contributed by atoms with Gasteiger partial charge >= 0.3 is 0 Å². The summed E-state index contributed by atoms with van der Waals surface area (Å²) in [7, 11) is 0. The number of thiocarbonyl (C=S) groups is 2. The molecule has 1 aromatic heterocycles. The average molecular weight is 383 g/mol. The van der Waals surface area contributed by atoms with E-state index in [0.29, 0.717) is 26.4 Å². The van der Waals surface area contributed by atoms with E-state index in [1.165, 1.54) is 23.9 Å². The summed E-state index contributed by atoms with van der Waals surface area (Å²) >= 11 is 17.7. The number of nitrogens with one attached hydrogen (secondary N) is 1. The van der Waals surface area contributed by atoms with Crippen LogP contribution in [0.1, 0.15) is 5.76 Å². The molecule has 116 valence electrons. The molecule has 0 saturated carbocycles. The van der Waals surface area contributed by atoms with Gasteiger partial charge in [-0.1, -0.05) is 47.8 Å². The molecule has 0 amide bonds. The van der Waals surface area contributed by atoms with E-state index in [-0.39, 0.29) is 10.7 Å². The van der Waals surface area contributed by atoms with Crippen molar-refractivity contribution in [2.75, 3.05) is 0 Å². The fraction of sp³-hybridized carbons (Fsp3) is 0. The van der Waals surface area contributed by atoms with Crippen LogP contribution in [0.25, 0.3) is 17.4 Å². The molecule has 2 heterocycles. The number of hydrogen-bond donors (Lipinski definition) is 1. The van der Waals surface area contributed by atoms with Gasteiger partial charge in [0.05, 0.1) is 14.9 Å². The molecule has 0 aliphatic carbocycles. The Kier molecular flexibility index (Phi) is 4.49. The first-order chi connectivity index (χ1) is 10.9. The average Bonchev–Trinajstić information content (AvgIpc) is 3.06.